The number of hydrogen-bond donors (Lipinski definition) is 1. The molecule has 0 amide bonds. The number of aryl methyl sites for hydroxylation is 1. The molecule has 3 heterocycles. The zero-order valence-corrected chi connectivity index (χ0v) is 14.3. The third kappa shape index (κ3) is 2.79. The zero-order valence-electron chi connectivity index (χ0n) is 14.3. The number of nitrogens with one attached hydrogen (secondary N) is 1. The van der Waals surface area contributed by atoms with Crippen molar-refractivity contribution in [2.75, 3.05) is 7.11 Å². The second-order valence-electron chi connectivity index (χ2n) is 5.73. The first-order chi connectivity index (χ1) is 12.7. The molecule has 0 atom stereocenters. The van der Waals surface area contributed by atoms with E-state index in [4.69, 9.17) is 9.47 Å². The van der Waals surface area contributed by atoms with Crippen LogP contribution in [0, 0.1) is 6.92 Å². The second kappa shape index (κ2) is 6.36. The fraction of sp³-hybridized carbons (Fsp3) is 0.105. The summed E-state index contributed by atoms with van der Waals surface area (Å²) in [4.78, 5) is 23.5. The van der Waals surface area contributed by atoms with Gasteiger partial charge in [-0.2, -0.15) is 0 Å². The SMILES string of the molecule is COc1cc(Oc2ccc(-n3c(=O)[nH]c4cccnc43)cn2)ccc1C. The summed E-state index contributed by atoms with van der Waals surface area (Å²) < 4.78 is 12.5. The third-order valence-corrected chi connectivity index (χ3v) is 4.02. The van der Waals surface area contributed by atoms with Crippen molar-refractivity contribution in [3.8, 4) is 23.1 Å². The first-order valence-electron chi connectivity index (χ1n) is 8.00. The van der Waals surface area contributed by atoms with Crippen LogP contribution in [0.3, 0.4) is 0 Å². The van der Waals surface area contributed by atoms with Crippen molar-refractivity contribution in [3.63, 3.8) is 0 Å². The van der Waals surface area contributed by atoms with Crippen LogP contribution < -0.4 is 15.2 Å². The molecule has 0 saturated carbocycles. The second-order valence-corrected chi connectivity index (χ2v) is 5.73. The smallest absolute Gasteiger partial charge is 0.332 e. The van der Waals surface area contributed by atoms with Crippen molar-refractivity contribution in [2.45, 2.75) is 6.92 Å². The van der Waals surface area contributed by atoms with Gasteiger partial charge in [0.15, 0.2) is 5.65 Å². The number of nitrogens with zero attached hydrogens (tertiary/aromatic N) is 3. The van der Waals surface area contributed by atoms with Gasteiger partial charge >= 0.3 is 5.69 Å². The molecule has 3 aromatic heterocycles. The monoisotopic (exact) mass is 348 g/mol. The molecule has 4 rings (SSSR count). The molecule has 0 saturated heterocycles. The lowest BCUT2D eigenvalue weighted by Crippen LogP contribution is -2.15. The minimum absolute atomic E-state index is 0.266. The molecule has 26 heavy (non-hydrogen) atoms. The van der Waals surface area contributed by atoms with E-state index in [1.807, 2.05) is 19.1 Å². The van der Waals surface area contributed by atoms with Crippen LogP contribution in [0.15, 0.2) is 59.7 Å². The van der Waals surface area contributed by atoms with E-state index in [9.17, 15) is 4.79 Å². The molecule has 0 aliphatic carbocycles. The minimum atomic E-state index is -0.266. The van der Waals surface area contributed by atoms with E-state index in [2.05, 4.69) is 15.0 Å². The van der Waals surface area contributed by atoms with E-state index in [1.54, 1.807) is 49.8 Å². The van der Waals surface area contributed by atoms with Gasteiger partial charge in [-0.3, -0.25) is 0 Å². The summed E-state index contributed by atoms with van der Waals surface area (Å²) in [6, 6.07) is 12.6. The number of H-pyrrole nitrogens is 1. The Balaban J connectivity index is 1.65. The van der Waals surface area contributed by atoms with Crippen LogP contribution in [-0.4, -0.2) is 26.6 Å². The van der Waals surface area contributed by atoms with Gasteiger partial charge in [-0.05, 0) is 36.8 Å². The van der Waals surface area contributed by atoms with Crippen LogP contribution >= 0.6 is 0 Å². The van der Waals surface area contributed by atoms with Crippen LogP contribution in [0.1, 0.15) is 5.56 Å². The Kier molecular flexibility index (Phi) is 3.89. The molecule has 0 radical (unpaired) electrons. The van der Waals surface area contributed by atoms with Crippen LogP contribution in [-0.2, 0) is 0 Å². The quantitative estimate of drug-likeness (QED) is 0.612. The highest BCUT2D eigenvalue weighted by molar-refractivity contribution is 5.72. The summed E-state index contributed by atoms with van der Waals surface area (Å²) in [7, 11) is 1.62. The Morgan fingerprint density at radius 1 is 1.12 bits per heavy atom. The lowest BCUT2D eigenvalue weighted by molar-refractivity contribution is 0.404. The number of aromatic amines is 1. The highest BCUT2D eigenvalue weighted by Crippen LogP contribution is 2.27. The van der Waals surface area contributed by atoms with Crippen molar-refractivity contribution < 1.29 is 9.47 Å². The van der Waals surface area contributed by atoms with Gasteiger partial charge in [0.1, 0.15) is 11.5 Å². The van der Waals surface area contributed by atoms with E-state index < -0.39 is 0 Å². The van der Waals surface area contributed by atoms with Crippen molar-refractivity contribution in [1.82, 2.24) is 19.5 Å². The fourth-order valence-electron chi connectivity index (χ4n) is 2.73. The number of aromatic nitrogens is 4. The van der Waals surface area contributed by atoms with Crippen LogP contribution in [0.25, 0.3) is 16.9 Å². The molecular weight excluding hydrogens is 332 g/mol. The van der Waals surface area contributed by atoms with Crippen LogP contribution in [0.2, 0.25) is 0 Å². The molecule has 0 aliphatic heterocycles. The van der Waals surface area contributed by atoms with Gasteiger partial charge in [-0.25, -0.2) is 19.3 Å². The van der Waals surface area contributed by atoms with Gasteiger partial charge in [-0.15, -0.1) is 0 Å². The largest absolute Gasteiger partial charge is 0.496 e. The predicted octanol–water partition coefficient (Wildman–Crippen LogP) is 3.22. The summed E-state index contributed by atoms with van der Waals surface area (Å²) >= 11 is 0. The predicted molar refractivity (Wildman–Crippen MR) is 97.3 cm³/mol. The first kappa shape index (κ1) is 15.9. The first-order valence-corrected chi connectivity index (χ1v) is 8.00. The summed E-state index contributed by atoms with van der Waals surface area (Å²) in [5.74, 6) is 1.79. The molecule has 4 aromatic rings. The standard InChI is InChI=1S/C19H16N4O3/c1-12-5-7-14(10-16(12)25-2)26-17-8-6-13(11-21-17)23-18-15(22-19(23)24)4-3-9-20-18/h3-11H,1-2H3,(H,22,24). The molecule has 0 spiro atoms. The van der Waals surface area contributed by atoms with Crippen molar-refractivity contribution >= 4 is 11.2 Å². The summed E-state index contributed by atoms with van der Waals surface area (Å²) in [6.45, 7) is 1.96. The number of methoxy groups -OCH3 is 1. The number of hydrogen-bond acceptors (Lipinski definition) is 5. The Morgan fingerprint density at radius 3 is 2.77 bits per heavy atom. The van der Waals surface area contributed by atoms with E-state index in [1.165, 1.54) is 4.57 Å². The number of pyridine rings is 2. The van der Waals surface area contributed by atoms with Crippen molar-refractivity contribution in [2.24, 2.45) is 0 Å². The Morgan fingerprint density at radius 2 is 2.00 bits per heavy atom. The van der Waals surface area contributed by atoms with Crippen LogP contribution in [0.4, 0.5) is 0 Å². The summed E-state index contributed by atoms with van der Waals surface area (Å²) in [5.41, 5.74) is 2.58. The number of rotatable bonds is 4. The molecule has 130 valence electrons. The molecule has 7 heteroatoms. The van der Waals surface area contributed by atoms with Gasteiger partial charge in [0.25, 0.3) is 0 Å². The Hall–Kier alpha value is -3.61. The number of benzene rings is 1. The highest BCUT2D eigenvalue weighted by atomic mass is 16.5. The third-order valence-electron chi connectivity index (χ3n) is 4.02. The van der Waals surface area contributed by atoms with E-state index in [-0.39, 0.29) is 5.69 Å². The van der Waals surface area contributed by atoms with Crippen molar-refractivity contribution in [3.05, 3.63) is 70.9 Å². The molecular formula is C19H16N4O3. The average molecular weight is 348 g/mol. The lowest BCUT2D eigenvalue weighted by atomic mass is 10.2. The molecule has 0 aliphatic rings. The number of imidazole rings is 1. The maximum atomic E-state index is 12.2. The van der Waals surface area contributed by atoms with Gasteiger partial charge in [0.2, 0.25) is 5.88 Å². The zero-order chi connectivity index (χ0) is 18.1. The van der Waals surface area contributed by atoms with E-state index in [0.717, 1.165) is 11.3 Å². The van der Waals surface area contributed by atoms with Gasteiger partial charge in [0.05, 0.1) is 24.5 Å². The van der Waals surface area contributed by atoms with Gasteiger partial charge in [-0.1, -0.05) is 6.07 Å². The van der Waals surface area contributed by atoms with E-state index in [0.29, 0.717) is 28.5 Å². The van der Waals surface area contributed by atoms with Gasteiger partial charge < -0.3 is 14.5 Å². The molecule has 0 fully saturated rings. The average Bonchev–Trinajstić information content (AvgIpc) is 3.00. The van der Waals surface area contributed by atoms with Crippen LogP contribution in [0.5, 0.6) is 17.4 Å². The summed E-state index contributed by atoms with van der Waals surface area (Å²) in [6.07, 6.45) is 3.21. The molecule has 1 aromatic carbocycles. The normalized spacial score (nSPS) is 10.8. The summed E-state index contributed by atoms with van der Waals surface area (Å²) in [5, 5.41) is 0. The maximum absolute atomic E-state index is 12.2. The molecule has 7 nitrogen and oxygen atoms in total. The van der Waals surface area contributed by atoms with Crippen molar-refractivity contribution in [1.29, 1.82) is 0 Å². The molecule has 0 unspecified atom stereocenters. The topological polar surface area (TPSA) is 82.0 Å². The minimum Gasteiger partial charge on any atom is -0.496 e. The number of fused-ring (bicyclic) bond motifs is 1. The maximum Gasteiger partial charge on any atom is 0.332 e. The Bertz CT molecular complexity index is 1130. The van der Waals surface area contributed by atoms with Gasteiger partial charge in [0, 0.05) is 18.3 Å². The molecule has 1 N–H and O–H groups in total. The lowest BCUT2D eigenvalue weighted by Gasteiger charge is -2.09. The highest BCUT2D eigenvalue weighted by Gasteiger charge is 2.10. The molecule has 0 bridgehead atoms. The Labute approximate surface area is 148 Å². The fourth-order valence-corrected chi connectivity index (χ4v) is 2.73. The van der Waals surface area contributed by atoms with E-state index >= 15 is 0 Å². The number of ether oxygens (including phenoxy) is 2.